The van der Waals surface area contributed by atoms with E-state index in [9.17, 15) is 0 Å². The summed E-state index contributed by atoms with van der Waals surface area (Å²) in [4.78, 5) is 0. The maximum absolute atomic E-state index is 0. The summed E-state index contributed by atoms with van der Waals surface area (Å²) in [5, 5.41) is 0. The molecule has 0 aliphatic heterocycles. The molecule has 2 radical (unpaired) electrons. The second kappa shape index (κ2) is 18.4. The Kier molecular flexibility index (Phi) is 152. The molecule has 0 heterocycles. The van der Waals surface area contributed by atoms with E-state index in [1.54, 1.807) is 0 Å². The Morgan fingerprint density at radius 3 is 1.00 bits per heavy atom. The van der Waals surface area contributed by atoms with E-state index < -0.39 is 0 Å². The van der Waals surface area contributed by atoms with Gasteiger partial charge in [-0.2, -0.15) is 0 Å². The molecule has 0 atom stereocenters. The molecule has 0 saturated carbocycles. The summed E-state index contributed by atoms with van der Waals surface area (Å²) in [5.41, 5.74) is 0. The second-order valence-corrected chi connectivity index (χ2v) is 0. The second-order valence-electron chi connectivity index (χ2n) is 0. The van der Waals surface area contributed by atoms with E-state index in [4.69, 9.17) is 0 Å². The van der Waals surface area contributed by atoms with Gasteiger partial charge in [0.15, 0.2) is 0 Å². The Morgan fingerprint density at radius 1 is 1.00 bits per heavy atom. The van der Waals surface area contributed by atoms with E-state index in [2.05, 4.69) is 0 Å². The van der Waals surface area contributed by atoms with Crippen molar-refractivity contribution in [3.8, 4) is 0 Å². The maximum atomic E-state index is 0. The molecule has 0 N–H and O–H groups in total. The fourth-order valence-corrected chi connectivity index (χ4v) is 0. The number of hydrogen-bond acceptors (Lipinski definition) is 0. The molecule has 0 saturated heterocycles. The Hall–Kier alpha value is 2.34. The summed E-state index contributed by atoms with van der Waals surface area (Å²) in [6, 6.07) is 0. The molecule has 0 spiro atoms. The topological polar surface area (TPSA) is 0 Å². The predicted molar refractivity (Wildman–Crippen MR) is 0 cm³/mol. The number of hydrogen-bond donors (Lipinski definition) is 0. The third-order valence-electron chi connectivity index (χ3n) is 0. The molecule has 0 aromatic carbocycles. The van der Waals surface area contributed by atoms with Crippen LogP contribution < -0.4 is 0 Å². The van der Waals surface area contributed by atoms with Gasteiger partial charge in [-0.1, -0.05) is 0 Å². The van der Waals surface area contributed by atoms with Crippen molar-refractivity contribution in [1.29, 1.82) is 0 Å². The van der Waals surface area contributed by atoms with Gasteiger partial charge in [-0.3, -0.25) is 0 Å². The van der Waals surface area contributed by atoms with E-state index in [0.29, 0.717) is 0 Å². The third kappa shape index (κ3) is 8.84. The maximum Gasteiger partial charge on any atom is 0 e. The zero-order chi connectivity index (χ0) is 0. The molecule has 0 fully saturated rings. The molecule has 0 unspecified atom stereocenters. The van der Waals surface area contributed by atoms with Gasteiger partial charge in [-0.15, -0.1) is 0 Å². The minimum Gasteiger partial charge on any atom is 0 e. The standard InChI is InChI=1S/Cu.Fe.Ti.V. The zero-order valence-corrected chi connectivity index (χ0v) is 6.61. The van der Waals surface area contributed by atoms with Gasteiger partial charge in [-0.05, 0) is 0 Å². The first-order valence-corrected chi connectivity index (χ1v) is 0. The Bertz CT molecular complexity index is 8.00. The normalized spacial score (nSPS) is 0. The van der Waals surface area contributed by atoms with Crippen LogP contribution in [-0.4, -0.2) is 0 Å². The van der Waals surface area contributed by atoms with Crippen LogP contribution in [0.15, 0.2) is 0 Å². The molecular weight excluding hydrogens is 218 g/mol. The molecule has 0 nitrogen and oxygen atoms in total. The van der Waals surface area contributed by atoms with E-state index >= 15 is 0 Å². The van der Waals surface area contributed by atoms with Crippen molar-refractivity contribution in [3.63, 3.8) is 0 Å². The molecule has 0 amide bonds. The first-order chi connectivity index (χ1) is 0. The fraction of sp³-hybridized carbons (Fsp3) is 0. The Balaban J connectivity index is 0. The van der Waals surface area contributed by atoms with Crippen LogP contribution in [0.2, 0.25) is 0 Å². The van der Waals surface area contributed by atoms with Gasteiger partial charge in [0.05, 0.1) is 0 Å². The van der Waals surface area contributed by atoms with E-state index in [1.807, 2.05) is 0 Å². The fourth-order valence-electron chi connectivity index (χ4n) is 0. The van der Waals surface area contributed by atoms with Crippen LogP contribution >= 0.6 is 0 Å². The van der Waals surface area contributed by atoms with E-state index in [1.165, 1.54) is 0 Å². The molecule has 0 rings (SSSR count). The summed E-state index contributed by atoms with van der Waals surface area (Å²) < 4.78 is 0. The average molecular weight is 218 g/mol. The quantitative estimate of drug-likeness (QED) is 0.502. The Morgan fingerprint density at radius 2 is 1.00 bits per heavy atom. The van der Waals surface area contributed by atoms with Crippen LogP contribution in [-0.2, 0) is 74.4 Å². The molecule has 28 valence electrons. The Labute approximate surface area is 73.6 Å². The van der Waals surface area contributed by atoms with Crippen molar-refractivity contribution in [2.75, 3.05) is 0 Å². The van der Waals surface area contributed by atoms with Crippen LogP contribution in [0.1, 0.15) is 0 Å². The molecule has 0 bridgehead atoms. The van der Waals surface area contributed by atoms with Crippen LogP contribution in [0, 0.1) is 0 Å². The van der Waals surface area contributed by atoms with Crippen molar-refractivity contribution in [2.24, 2.45) is 0 Å². The van der Waals surface area contributed by atoms with Crippen molar-refractivity contribution in [2.45, 2.75) is 0 Å². The first kappa shape index (κ1) is 33.0. The molecule has 4 heteroatoms. The molecular formula is CuFeTiV. The average Bonchev–Trinajstić information content (AvgIpc) is 0. The van der Waals surface area contributed by atoms with Crippen LogP contribution in [0.3, 0.4) is 0 Å². The zero-order valence-electron chi connectivity index (χ0n) is 1.60. The summed E-state index contributed by atoms with van der Waals surface area (Å²) in [6.07, 6.45) is 0. The molecule has 0 aromatic heterocycles. The van der Waals surface area contributed by atoms with Gasteiger partial charge >= 0.3 is 0 Å². The minimum atomic E-state index is 0. The van der Waals surface area contributed by atoms with Crippen LogP contribution in [0.5, 0.6) is 0 Å². The predicted octanol–water partition coefficient (Wildman–Crippen LogP) is -0.0100. The van der Waals surface area contributed by atoms with Crippen molar-refractivity contribution in [3.05, 3.63) is 0 Å². The summed E-state index contributed by atoms with van der Waals surface area (Å²) >= 11 is 0. The summed E-state index contributed by atoms with van der Waals surface area (Å²) in [5.74, 6) is 0. The van der Waals surface area contributed by atoms with Gasteiger partial charge in [0.1, 0.15) is 0 Å². The van der Waals surface area contributed by atoms with Crippen molar-refractivity contribution in [1.82, 2.24) is 0 Å². The summed E-state index contributed by atoms with van der Waals surface area (Å²) in [6.45, 7) is 0. The van der Waals surface area contributed by atoms with E-state index in [-0.39, 0.29) is 74.4 Å². The van der Waals surface area contributed by atoms with Crippen molar-refractivity contribution >= 4 is 0 Å². The summed E-state index contributed by atoms with van der Waals surface area (Å²) in [7, 11) is 0. The molecule has 0 aliphatic rings. The molecule has 0 aromatic rings. The van der Waals surface area contributed by atoms with Crippen molar-refractivity contribution < 1.29 is 74.4 Å². The first-order valence-electron chi connectivity index (χ1n) is 0. The van der Waals surface area contributed by atoms with Gasteiger partial charge in [0.25, 0.3) is 0 Å². The largest absolute Gasteiger partial charge is 0 e. The minimum absolute atomic E-state index is 0. The van der Waals surface area contributed by atoms with Gasteiger partial charge in [0.2, 0.25) is 0 Å². The molecule has 0 aliphatic carbocycles. The molecule has 4 heavy (non-hydrogen) atoms. The van der Waals surface area contributed by atoms with Gasteiger partial charge < -0.3 is 0 Å². The SMILES string of the molecule is [Cu].[Fe].[Ti].[V]. The van der Waals surface area contributed by atoms with Gasteiger partial charge in [-0.25, -0.2) is 0 Å². The number of rotatable bonds is 0. The van der Waals surface area contributed by atoms with Crippen LogP contribution in [0.4, 0.5) is 0 Å². The van der Waals surface area contributed by atoms with Gasteiger partial charge in [0, 0.05) is 74.4 Å². The van der Waals surface area contributed by atoms with Crippen LogP contribution in [0.25, 0.3) is 0 Å². The third-order valence-corrected chi connectivity index (χ3v) is 0. The smallest absolute Gasteiger partial charge is 0 e. The monoisotopic (exact) mass is 218 g/mol. The van der Waals surface area contributed by atoms with E-state index in [0.717, 1.165) is 0 Å².